The molecule has 0 bridgehead atoms. The first-order chi connectivity index (χ1) is 17.0. The van der Waals surface area contributed by atoms with Crippen molar-refractivity contribution in [3.8, 4) is 23.8 Å². The number of benzene rings is 2. The largest absolute Gasteiger partial charge is 0.493 e. The number of hydrazone groups is 1. The minimum atomic E-state index is -0.911. The van der Waals surface area contributed by atoms with Crippen LogP contribution in [0.2, 0.25) is 0 Å². The van der Waals surface area contributed by atoms with Gasteiger partial charge in [0.2, 0.25) is 0 Å². The van der Waals surface area contributed by atoms with E-state index in [4.69, 9.17) is 20.6 Å². The van der Waals surface area contributed by atoms with Crippen molar-refractivity contribution in [2.45, 2.75) is 19.4 Å². The maximum Gasteiger partial charge on any atom is 0.407 e. The Morgan fingerprint density at radius 1 is 1.31 bits per heavy atom. The molecule has 2 amide bonds. The Kier molecular flexibility index (Phi) is 9.15. The quantitative estimate of drug-likeness (QED) is 0.206. The number of amides is 2. The Hall–Kier alpha value is -3.97. The van der Waals surface area contributed by atoms with E-state index in [0.717, 1.165) is 16.5 Å². The number of aromatic amines is 1. The number of terminal acetylenes is 1. The molecule has 2 aromatic carbocycles. The fourth-order valence-electron chi connectivity index (χ4n) is 3.36. The lowest BCUT2D eigenvalue weighted by atomic mass is 10.0. The van der Waals surface area contributed by atoms with Crippen LogP contribution in [0, 0.1) is 12.3 Å². The summed E-state index contributed by atoms with van der Waals surface area (Å²) in [6.07, 6.45) is 8.07. The highest BCUT2D eigenvalue weighted by molar-refractivity contribution is 9.10. The Morgan fingerprint density at radius 2 is 2.11 bits per heavy atom. The second kappa shape index (κ2) is 12.5. The van der Waals surface area contributed by atoms with Gasteiger partial charge >= 0.3 is 6.09 Å². The van der Waals surface area contributed by atoms with Crippen LogP contribution in [-0.4, -0.2) is 49.6 Å². The first kappa shape index (κ1) is 25.6. The SMILES string of the molecule is C#CCOc1c(Br)cc(/C=N\NC(=O)[C@@H](Cc2c[nH]c3ccccc23)NC(=O)OCC)cc1OC. The molecule has 9 nitrogen and oxygen atoms in total. The van der Waals surface area contributed by atoms with Crippen LogP contribution in [0.3, 0.4) is 0 Å². The van der Waals surface area contributed by atoms with Crippen molar-refractivity contribution in [2.24, 2.45) is 5.10 Å². The summed E-state index contributed by atoms with van der Waals surface area (Å²) in [4.78, 5) is 28.1. The molecule has 0 saturated heterocycles. The number of nitrogens with one attached hydrogen (secondary N) is 3. The van der Waals surface area contributed by atoms with Gasteiger partial charge in [0.25, 0.3) is 5.91 Å². The van der Waals surface area contributed by atoms with Crippen LogP contribution in [0.25, 0.3) is 10.9 Å². The average molecular weight is 541 g/mol. The van der Waals surface area contributed by atoms with Crippen molar-refractivity contribution in [2.75, 3.05) is 20.3 Å². The molecule has 3 aromatic rings. The smallest absolute Gasteiger partial charge is 0.407 e. The molecule has 0 aliphatic carbocycles. The van der Waals surface area contributed by atoms with Crippen LogP contribution >= 0.6 is 15.9 Å². The fourth-order valence-corrected chi connectivity index (χ4v) is 3.94. The van der Waals surface area contributed by atoms with E-state index in [-0.39, 0.29) is 19.6 Å². The Bertz CT molecular complexity index is 1260. The van der Waals surface area contributed by atoms with Crippen LogP contribution in [0.5, 0.6) is 11.5 Å². The third kappa shape index (κ3) is 6.77. The zero-order valence-electron chi connectivity index (χ0n) is 19.3. The summed E-state index contributed by atoms with van der Waals surface area (Å²) in [5, 5.41) is 7.61. The van der Waals surface area contributed by atoms with Gasteiger partial charge in [0, 0.05) is 23.5 Å². The third-order valence-corrected chi connectivity index (χ3v) is 5.51. The molecule has 0 radical (unpaired) electrons. The molecule has 0 fully saturated rings. The monoisotopic (exact) mass is 540 g/mol. The molecule has 0 saturated carbocycles. The maximum absolute atomic E-state index is 12.9. The Morgan fingerprint density at radius 3 is 2.86 bits per heavy atom. The van der Waals surface area contributed by atoms with E-state index < -0.39 is 18.0 Å². The van der Waals surface area contributed by atoms with Crippen molar-refractivity contribution in [1.82, 2.24) is 15.7 Å². The van der Waals surface area contributed by atoms with Crippen molar-refractivity contribution in [3.05, 3.63) is 58.2 Å². The van der Waals surface area contributed by atoms with E-state index in [1.165, 1.54) is 13.3 Å². The van der Waals surface area contributed by atoms with E-state index in [2.05, 4.69) is 42.7 Å². The normalized spacial score (nSPS) is 11.6. The number of carbonyl (C=O) groups excluding carboxylic acids is 2. The van der Waals surface area contributed by atoms with Crippen LogP contribution in [0.4, 0.5) is 4.79 Å². The predicted molar refractivity (Wildman–Crippen MR) is 137 cm³/mol. The molecule has 1 heterocycles. The molecule has 3 N–H and O–H groups in total. The fraction of sp³-hybridized carbons (Fsp3) is 0.240. The summed E-state index contributed by atoms with van der Waals surface area (Å²) in [5.74, 6) is 2.81. The molecule has 1 aromatic heterocycles. The summed E-state index contributed by atoms with van der Waals surface area (Å²) in [6, 6.07) is 10.2. The highest BCUT2D eigenvalue weighted by Crippen LogP contribution is 2.36. The van der Waals surface area contributed by atoms with Gasteiger partial charge in [-0.25, -0.2) is 10.2 Å². The van der Waals surface area contributed by atoms with Crippen molar-refractivity contribution in [1.29, 1.82) is 0 Å². The van der Waals surface area contributed by atoms with Crippen molar-refractivity contribution < 1.29 is 23.8 Å². The number of nitrogens with zero attached hydrogens (tertiary/aromatic N) is 1. The van der Waals surface area contributed by atoms with Crippen LogP contribution in [-0.2, 0) is 16.0 Å². The van der Waals surface area contributed by atoms with Crippen molar-refractivity contribution in [3.63, 3.8) is 0 Å². The molecule has 1 atom stereocenters. The lowest BCUT2D eigenvalue weighted by Crippen LogP contribution is -2.47. The molecule has 0 unspecified atom stereocenters. The number of ether oxygens (including phenoxy) is 3. The molecule has 0 aliphatic rings. The summed E-state index contributed by atoms with van der Waals surface area (Å²) in [7, 11) is 1.50. The van der Waals surface area contributed by atoms with Crippen LogP contribution in [0.1, 0.15) is 18.1 Å². The van der Waals surface area contributed by atoms with Crippen molar-refractivity contribution >= 4 is 45.0 Å². The molecule has 10 heteroatoms. The number of hydrogen-bond donors (Lipinski definition) is 3. The van der Waals surface area contributed by atoms with E-state index in [0.29, 0.717) is 21.5 Å². The summed E-state index contributed by atoms with van der Waals surface area (Å²) in [5.41, 5.74) is 4.92. The number of alkyl carbamates (subject to hydrolysis) is 1. The number of rotatable bonds is 10. The molecular weight excluding hydrogens is 516 g/mol. The molecule has 0 spiro atoms. The number of methoxy groups -OCH3 is 1. The zero-order valence-corrected chi connectivity index (χ0v) is 20.8. The van der Waals surface area contributed by atoms with Gasteiger partial charge in [-0.05, 0) is 52.2 Å². The number of halogens is 1. The van der Waals surface area contributed by atoms with E-state index in [9.17, 15) is 9.59 Å². The van der Waals surface area contributed by atoms with Gasteiger partial charge in [0.05, 0.1) is 24.4 Å². The van der Waals surface area contributed by atoms with E-state index in [1.54, 1.807) is 19.1 Å². The van der Waals surface area contributed by atoms with Gasteiger partial charge in [0.15, 0.2) is 11.5 Å². The molecule has 182 valence electrons. The van der Waals surface area contributed by atoms with Gasteiger partial charge in [-0.3, -0.25) is 4.79 Å². The van der Waals surface area contributed by atoms with E-state index >= 15 is 0 Å². The molecule has 3 rings (SSSR count). The number of fused-ring (bicyclic) bond motifs is 1. The van der Waals surface area contributed by atoms with Gasteiger partial charge in [-0.1, -0.05) is 24.1 Å². The molecule has 0 aliphatic heterocycles. The van der Waals surface area contributed by atoms with Crippen LogP contribution < -0.4 is 20.2 Å². The highest BCUT2D eigenvalue weighted by Gasteiger charge is 2.23. The van der Waals surface area contributed by atoms with Gasteiger partial charge in [-0.2, -0.15) is 5.10 Å². The standard InChI is InChI=1S/C25H25BrN4O5/c1-4-10-35-23-19(26)11-16(12-22(23)33-3)14-28-30-24(31)21(29-25(32)34-5-2)13-17-15-27-20-9-7-6-8-18(17)20/h1,6-9,11-12,14-15,21,27H,5,10,13H2,2-3H3,(H,29,32)(H,30,31)/b28-14-/t21-/m1/s1. The Labute approximate surface area is 211 Å². The minimum Gasteiger partial charge on any atom is -0.493 e. The second-order valence-electron chi connectivity index (χ2n) is 7.24. The first-order valence-corrected chi connectivity index (χ1v) is 11.5. The zero-order chi connectivity index (χ0) is 25.2. The molecular formula is C25H25BrN4O5. The number of aromatic nitrogens is 1. The number of H-pyrrole nitrogens is 1. The number of para-hydroxylation sites is 1. The van der Waals surface area contributed by atoms with Gasteiger partial charge < -0.3 is 24.5 Å². The van der Waals surface area contributed by atoms with E-state index in [1.807, 2.05) is 30.5 Å². The first-order valence-electron chi connectivity index (χ1n) is 10.7. The number of hydrogen-bond acceptors (Lipinski definition) is 6. The van der Waals surface area contributed by atoms with Crippen LogP contribution in [0.15, 0.2) is 52.2 Å². The minimum absolute atomic E-state index is 0.0870. The van der Waals surface area contributed by atoms with Gasteiger partial charge in [0.1, 0.15) is 12.6 Å². The van der Waals surface area contributed by atoms with Gasteiger partial charge in [-0.15, -0.1) is 6.42 Å². The highest BCUT2D eigenvalue weighted by atomic mass is 79.9. The topological polar surface area (TPSA) is 114 Å². The lowest BCUT2D eigenvalue weighted by molar-refractivity contribution is -0.123. The summed E-state index contributed by atoms with van der Waals surface area (Å²) >= 11 is 3.42. The average Bonchev–Trinajstić information content (AvgIpc) is 3.25. The molecule has 35 heavy (non-hydrogen) atoms. The predicted octanol–water partition coefficient (Wildman–Crippen LogP) is 3.76. The maximum atomic E-state index is 12.9. The summed E-state index contributed by atoms with van der Waals surface area (Å²) < 4.78 is 16.4. The second-order valence-corrected chi connectivity index (χ2v) is 8.10. The Balaban J connectivity index is 1.75. The number of carbonyl (C=O) groups is 2. The lowest BCUT2D eigenvalue weighted by Gasteiger charge is -2.16. The third-order valence-electron chi connectivity index (χ3n) is 4.92. The summed E-state index contributed by atoms with van der Waals surface area (Å²) in [6.45, 7) is 1.96.